The van der Waals surface area contributed by atoms with Crippen LogP contribution in [0.5, 0.6) is 0 Å². The molecule has 0 aliphatic heterocycles. The maximum Gasteiger partial charge on any atom is 0.435 e. The first-order valence-electron chi connectivity index (χ1n) is 5.48. The molecule has 0 atom stereocenters. The zero-order chi connectivity index (χ0) is 15.6. The van der Waals surface area contributed by atoms with E-state index < -0.39 is 17.8 Å². The van der Waals surface area contributed by atoms with Gasteiger partial charge in [0.25, 0.3) is 0 Å². The van der Waals surface area contributed by atoms with Gasteiger partial charge < -0.3 is 10.4 Å². The summed E-state index contributed by atoms with van der Waals surface area (Å²) in [6.07, 6.45) is -4.56. The van der Waals surface area contributed by atoms with Gasteiger partial charge in [-0.25, -0.2) is 4.79 Å². The SMILES string of the molecule is O=C(O)c1cc(Nc2ccc(C(F)(F)F)nn2)ccc1Br. The quantitative estimate of drug-likeness (QED) is 0.871. The summed E-state index contributed by atoms with van der Waals surface area (Å²) in [5, 5.41) is 18.1. The van der Waals surface area contributed by atoms with Gasteiger partial charge in [-0.05, 0) is 46.3 Å². The number of carbonyl (C=O) groups is 1. The molecule has 21 heavy (non-hydrogen) atoms. The van der Waals surface area contributed by atoms with Crippen molar-refractivity contribution in [1.29, 1.82) is 0 Å². The van der Waals surface area contributed by atoms with Crippen molar-refractivity contribution in [2.75, 3.05) is 5.32 Å². The second-order valence-corrected chi connectivity index (χ2v) is 4.78. The molecular formula is C12H7BrF3N3O2. The van der Waals surface area contributed by atoms with Crippen molar-refractivity contribution in [3.8, 4) is 0 Å². The van der Waals surface area contributed by atoms with Gasteiger partial charge >= 0.3 is 12.1 Å². The van der Waals surface area contributed by atoms with E-state index in [0.29, 0.717) is 10.2 Å². The molecule has 5 nitrogen and oxygen atoms in total. The summed E-state index contributed by atoms with van der Waals surface area (Å²) in [6, 6.07) is 6.27. The van der Waals surface area contributed by atoms with Gasteiger partial charge in [0.15, 0.2) is 11.5 Å². The highest BCUT2D eigenvalue weighted by atomic mass is 79.9. The fourth-order valence-electron chi connectivity index (χ4n) is 1.46. The molecule has 0 spiro atoms. The third kappa shape index (κ3) is 3.69. The average Bonchev–Trinajstić information content (AvgIpc) is 2.40. The Balaban J connectivity index is 2.22. The highest BCUT2D eigenvalue weighted by Gasteiger charge is 2.32. The number of rotatable bonds is 3. The minimum atomic E-state index is -4.56. The molecule has 2 aromatic rings. The first-order chi connectivity index (χ1) is 9.77. The second kappa shape index (κ2) is 5.68. The van der Waals surface area contributed by atoms with Crippen molar-refractivity contribution in [1.82, 2.24) is 10.2 Å². The molecule has 0 saturated carbocycles. The first-order valence-corrected chi connectivity index (χ1v) is 6.27. The standard InChI is InChI=1S/C12H7BrF3N3O2/c13-8-2-1-6(5-7(8)11(20)21)17-10-4-3-9(18-19-10)12(14,15)16/h1-5H,(H,17,19)(H,20,21). The molecule has 1 aromatic heterocycles. The van der Waals surface area contributed by atoms with Crippen LogP contribution >= 0.6 is 15.9 Å². The van der Waals surface area contributed by atoms with Crippen molar-refractivity contribution in [2.24, 2.45) is 0 Å². The fourth-order valence-corrected chi connectivity index (χ4v) is 1.88. The van der Waals surface area contributed by atoms with Gasteiger partial charge in [0.2, 0.25) is 0 Å². The average molecular weight is 362 g/mol. The molecule has 2 rings (SSSR count). The van der Waals surface area contributed by atoms with E-state index in [1.165, 1.54) is 12.1 Å². The van der Waals surface area contributed by atoms with E-state index in [0.717, 1.165) is 12.1 Å². The van der Waals surface area contributed by atoms with Crippen LogP contribution in [0.25, 0.3) is 0 Å². The summed E-state index contributed by atoms with van der Waals surface area (Å²) in [5.41, 5.74) is -0.723. The zero-order valence-electron chi connectivity index (χ0n) is 10.1. The molecule has 0 amide bonds. The lowest BCUT2D eigenvalue weighted by atomic mass is 10.2. The normalized spacial score (nSPS) is 11.2. The maximum atomic E-state index is 12.3. The number of aromatic nitrogens is 2. The Kier molecular flexibility index (Phi) is 4.12. The number of anilines is 2. The van der Waals surface area contributed by atoms with Crippen LogP contribution in [-0.4, -0.2) is 21.3 Å². The van der Waals surface area contributed by atoms with Crippen LogP contribution in [0, 0.1) is 0 Å². The highest BCUT2D eigenvalue weighted by molar-refractivity contribution is 9.10. The van der Waals surface area contributed by atoms with Gasteiger partial charge in [0.05, 0.1) is 5.56 Å². The van der Waals surface area contributed by atoms with Crippen LogP contribution in [0.3, 0.4) is 0 Å². The van der Waals surface area contributed by atoms with Crippen LogP contribution in [0.15, 0.2) is 34.8 Å². The summed E-state index contributed by atoms with van der Waals surface area (Å²) in [6.45, 7) is 0. The van der Waals surface area contributed by atoms with Gasteiger partial charge in [0, 0.05) is 10.2 Å². The molecule has 0 saturated heterocycles. The van der Waals surface area contributed by atoms with Crippen molar-refractivity contribution < 1.29 is 23.1 Å². The Labute approximate surface area is 124 Å². The van der Waals surface area contributed by atoms with E-state index in [2.05, 4.69) is 31.4 Å². The number of benzene rings is 1. The molecule has 110 valence electrons. The van der Waals surface area contributed by atoms with Crippen LogP contribution in [0.1, 0.15) is 16.1 Å². The first kappa shape index (κ1) is 15.2. The number of carboxylic acid groups (broad SMARTS) is 1. The molecule has 9 heteroatoms. The van der Waals surface area contributed by atoms with E-state index in [1.807, 2.05) is 0 Å². The summed E-state index contributed by atoms with van der Waals surface area (Å²) < 4.78 is 37.4. The molecule has 0 bridgehead atoms. The Morgan fingerprint density at radius 1 is 1.19 bits per heavy atom. The molecule has 0 radical (unpaired) electrons. The molecule has 0 fully saturated rings. The molecule has 1 heterocycles. The molecule has 1 aromatic carbocycles. The Morgan fingerprint density at radius 3 is 2.43 bits per heavy atom. The minimum absolute atomic E-state index is 0.0138. The van der Waals surface area contributed by atoms with Gasteiger partial charge in [-0.1, -0.05) is 0 Å². The van der Waals surface area contributed by atoms with Crippen molar-refractivity contribution in [3.63, 3.8) is 0 Å². The predicted molar refractivity (Wildman–Crippen MR) is 71.4 cm³/mol. The Morgan fingerprint density at radius 2 is 1.90 bits per heavy atom. The van der Waals surface area contributed by atoms with E-state index in [9.17, 15) is 18.0 Å². The number of nitrogens with zero attached hydrogens (tertiary/aromatic N) is 2. The fraction of sp³-hybridized carbons (Fsp3) is 0.0833. The van der Waals surface area contributed by atoms with Crippen LogP contribution in [0.4, 0.5) is 24.7 Å². The van der Waals surface area contributed by atoms with Gasteiger partial charge in [-0.3, -0.25) is 0 Å². The lowest BCUT2D eigenvalue weighted by molar-refractivity contribution is -0.141. The molecular weight excluding hydrogens is 355 g/mol. The monoisotopic (exact) mass is 361 g/mol. The highest BCUT2D eigenvalue weighted by Crippen LogP contribution is 2.28. The van der Waals surface area contributed by atoms with Crippen LogP contribution in [0.2, 0.25) is 0 Å². The van der Waals surface area contributed by atoms with Crippen LogP contribution in [-0.2, 0) is 6.18 Å². The summed E-state index contributed by atoms with van der Waals surface area (Å²) in [5.74, 6) is -1.06. The van der Waals surface area contributed by atoms with Crippen LogP contribution < -0.4 is 5.32 Å². The second-order valence-electron chi connectivity index (χ2n) is 3.93. The number of hydrogen-bond acceptors (Lipinski definition) is 4. The van der Waals surface area contributed by atoms with E-state index in [1.54, 1.807) is 6.07 Å². The lowest BCUT2D eigenvalue weighted by Gasteiger charge is -2.08. The largest absolute Gasteiger partial charge is 0.478 e. The molecule has 0 unspecified atom stereocenters. The predicted octanol–water partition coefficient (Wildman–Crippen LogP) is 3.70. The molecule has 2 N–H and O–H groups in total. The zero-order valence-corrected chi connectivity index (χ0v) is 11.7. The van der Waals surface area contributed by atoms with Gasteiger partial charge in [-0.15, -0.1) is 10.2 Å². The molecule has 0 aliphatic carbocycles. The van der Waals surface area contributed by atoms with Gasteiger partial charge in [0.1, 0.15) is 0 Å². The maximum absolute atomic E-state index is 12.3. The van der Waals surface area contributed by atoms with E-state index in [4.69, 9.17) is 5.11 Å². The van der Waals surface area contributed by atoms with E-state index >= 15 is 0 Å². The summed E-state index contributed by atoms with van der Waals surface area (Å²) in [4.78, 5) is 11.0. The number of nitrogens with one attached hydrogen (secondary N) is 1. The topological polar surface area (TPSA) is 75.1 Å². The van der Waals surface area contributed by atoms with E-state index in [-0.39, 0.29) is 11.4 Å². The summed E-state index contributed by atoms with van der Waals surface area (Å²) >= 11 is 3.09. The summed E-state index contributed by atoms with van der Waals surface area (Å²) in [7, 11) is 0. The van der Waals surface area contributed by atoms with Gasteiger partial charge in [-0.2, -0.15) is 13.2 Å². The van der Waals surface area contributed by atoms with Crippen molar-refractivity contribution >= 4 is 33.4 Å². The Hall–Kier alpha value is -2.16. The number of hydrogen-bond donors (Lipinski definition) is 2. The number of carboxylic acids is 1. The third-order valence-electron chi connectivity index (χ3n) is 2.42. The smallest absolute Gasteiger partial charge is 0.435 e. The number of halogens is 4. The number of aromatic carboxylic acids is 1. The third-order valence-corrected chi connectivity index (χ3v) is 3.12. The number of alkyl halides is 3. The van der Waals surface area contributed by atoms with Crippen molar-refractivity contribution in [3.05, 3.63) is 46.1 Å². The molecule has 0 aliphatic rings. The minimum Gasteiger partial charge on any atom is -0.478 e. The lowest BCUT2D eigenvalue weighted by Crippen LogP contribution is -2.09. The Bertz CT molecular complexity index is 674. The van der Waals surface area contributed by atoms with Crippen molar-refractivity contribution in [2.45, 2.75) is 6.18 Å².